The molecular formula is C10H17N3O3. The summed E-state index contributed by atoms with van der Waals surface area (Å²) in [5.41, 5.74) is 4.73. The van der Waals surface area contributed by atoms with E-state index in [1.54, 1.807) is 0 Å². The number of carbonyl (C=O) groups excluding carboxylic acids is 1. The van der Waals surface area contributed by atoms with Gasteiger partial charge in [0.2, 0.25) is 5.91 Å². The third-order valence-electron chi connectivity index (χ3n) is 3.70. The average Bonchev–Trinajstić information content (AvgIpc) is 2.16. The number of aliphatic carboxylic acids is 1. The first-order valence-corrected chi connectivity index (χ1v) is 5.55. The molecule has 1 saturated heterocycles. The van der Waals surface area contributed by atoms with Crippen molar-refractivity contribution in [2.24, 2.45) is 11.7 Å². The van der Waals surface area contributed by atoms with Crippen molar-refractivity contribution >= 4 is 11.9 Å². The predicted octanol–water partition coefficient (Wildman–Crippen LogP) is -1.39. The van der Waals surface area contributed by atoms with Crippen molar-refractivity contribution in [2.75, 3.05) is 26.2 Å². The number of carboxylic acids is 1. The summed E-state index contributed by atoms with van der Waals surface area (Å²) >= 11 is 0. The normalized spacial score (nSPS) is 35.4. The maximum Gasteiger partial charge on any atom is 0.306 e. The van der Waals surface area contributed by atoms with E-state index in [1.807, 2.05) is 4.90 Å². The minimum atomic E-state index is -0.827. The molecule has 2 fully saturated rings. The van der Waals surface area contributed by atoms with Crippen LogP contribution >= 0.6 is 0 Å². The lowest BCUT2D eigenvalue weighted by Gasteiger charge is -2.51. The van der Waals surface area contributed by atoms with Gasteiger partial charge in [0.1, 0.15) is 5.54 Å². The summed E-state index contributed by atoms with van der Waals surface area (Å²) in [4.78, 5) is 24.4. The average molecular weight is 227 g/mol. The van der Waals surface area contributed by atoms with E-state index in [1.165, 1.54) is 0 Å². The largest absolute Gasteiger partial charge is 0.481 e. The van der Waals surface area contributed by atoms with Crippen LogP contribution < -0.4 is 11.1 Å². The fraction of sp³-hybridized carbons (Fsp3) is 0.800. The SMILES string of the molecule is NC(=O)C1(N2CCNCC2)CC(C(=O)O)C1. The Hall–Kier alpha value is -1.14. The van der Waals surface area contributed by atoms with Gasteiger partial charge in [-0.15, -0.1) is 0 Å². The molecule has 2 rings (SSSR count). The molecule has 0 atom stereocenters. The molecular weight excluding hydrogens is 210 g/mol. The van der Waals surface area contributed by atoms with Crippen LogP contribution in [0.2, 0.25) is 0 Å². The smallest absolute Gasteiger partial charge is 0.306 e. The van der Waals surface area contributed by atoms with E-state index in [2.05, 4.69) is 5.32 Å². The van der Waals surface area contributed by atoms with E-state index in [-0.39, 0.29) is 5.91 Å². The zero-order valence-electron chi connectivity index (χ0n) is 9.11. The number of hydrogen-bond donors (Lipinski definition) is 3. The third kappa shape index (κ3) is 1.68. The maximum absolute atomic E-state index is 11.5. The van der Waals surface area contributed by atoms with Gasteiger partial charge in [-0.25, -0.2) is 0 Å². The van der Waals surface area contributed by atoms with E-state index in [4.69, 9.17) is 10.8 Å². The molecule has 90 valence electrons. The second-order valence-electron chi connectivity index (χ2n) is 4.58. The van der Waals surface area contributed by atoms with E-state index >= 15 is 0 Å². The van der Waals surface area contributed by atoms with Crippen LogP contribution in [0.1, 0.15) is 12.8 Å². The van der Waals surface area contributed by atoms with Crippen LogP contribution in [0.25, 0.3) is 0 Å². The molecule has 1 amide bonds. The molecule has 0 aromatic heterocycles. The van der Waals surface area contributed by atoms with Gasteiger partial charge in [0.25, 0.3) is 0 Å². The van der Waals surface area contributed by atoms with E-state index in [0.29, 0.717) is 12.8 Å². The molecule has 1 aliphatic heterocycles. The molecule has 0 unspecified atom stereocenters. The lowest BCUT2D eigenvalue weighted by Crippen LogP contribution is -2.68. The molecule has 1 saturated carbocycles. The Morgan fingerprint density at radius 1 is 1.31 bits per heavy atom. The topological polar surface area (TPSA) is 95.7 Å². The molecule has 4 N–H and O–H groups in total. The number of nitrogens with two attached hydrogens (primary N) is 1. The highest BCUT2D eigenvalue weighted by Crippen LogP contribution is 2.42. The molecule has 0 aromatic rings. The van der Waals surface area contributed by atoms with Crippen LogP contribution in [-0.4, -0.2) is 53.6 Å². The number of carbonyl (C=O) groups is 2. The quantitative estimate of drug-likeness (QED) is 0.551. The first-order chi connectivity index (χ1) is 7.56. The Bertz CT molecular complexity index is 306. The molecule has 0 bridgehead atoms. The van der Waals surface area contributed by atoms with Gasteiger partial charge in [0.05, 0.1) is 5.92 Å². The number of piperazine rings is 1. The van der Waals surface area contributed by atoms with Crippen LogP contribution in [0.3, 0.4) is 0 Å². The van der Waals surface area contributed by atoms with Gasteiger partial charge in [0, 0.05) is 26.2 Å². The molecule has 1 heterocycles. The van der Waals surface area contributed by atoms with Crippen LogP contribution in [0, 0.1) is 5.92 Å². The maximum atomic E-state index is 11.5. The number of nitrogens with one attached hydrogen (secondary N) is 1. The number of amides is 1. The summed E-state index contributed by atoms with van der Waals surface area (Å²) in [7, 11) is 0. The number of primary amides is 1. The summed E-state index contributed by atoms with van der Waals surface area (Å²) in [6.45, 7) is 3.17. The fourth-order valence-electron chi connectivity index (χ4n) is 2.64. The number of rotatable bonds is 3. The van der Waals surface area contributed by atoms with Gasteiger partial charge in [-0.1, -0.05) is 0 Å². The molecule has 6 heteroatoms. The molecule has 2 aliphatic rings. The van der Waals surface area contributed by atoms with Gasteiger partial charge < -0.3 is 16.2 Å². The molecule has 6 nitrogen and oxygen atoms in total. The Labute approximate surface area is 93.8 Å². The first kappa shape index (κ1) is 11.3. The summed E-state index contributed by atoms with van der Waals surface area (Å²) in [5, 5.41) is 12.1. The summed E-state index contributed by atoms with van der Waals surface area (Å²) in [5.74, 6) is -1.62. The minimum Gasteiger partial charge on any atom is -0.481 e. The van der Waals surface area contributed by atoms with Crippen molar-refractivity contribution in [1.82, 2.24) is 10.2 Å². The van der Waals surface area contributed by atoms with Crippen LogP contribution in [0.15, 0.2) is 0 Å². The summed E-state index contributed by atoms with van der Waals surface area (Å²) < 4.78 is 0. The minimum absolute atomic E-state index is 0.359. The monoisotopic (exact) mass is 227 g/mol. The van der Waals surface area contributed by atoms with Crippen molar-refractivity contribution in [1.29, 1.82) is 0 Å². The predicted molar refractivity (Wildman–Crippen MR) is 56.7 cm³/mol. The van der Waals surface area contributed by atoms with Crippen LogP contribution in [0.4, 0.5) is 0 Å². The summed E-state index contributed by atoms with van der Waals surface area (Å²) in [6, 6.07) is 0. The van der Waals surface area contributed by atoms with Crippen LogP contribution in [0.5, 0.6) is 0 Å². The number of carboxylic acid groups (broad SMARTS) is 1. The molecule has 1 aliphatic carbocycles. The Kier molecular flexibility index (Phi) is 2.86. The first-order valence-electron chi connectivity index (χ1n) is 5.55. The molecule has 0 radical (unpaired) electrons. The number of hydrogen-bond acceptors (Lipinski definition) is 4. The fourth-order valence-corrected chi connectivity index (χ4v) is 2.64. The molecule has 16 heavy (non-hydrogen) atoms. The molecule has 0 aromatic carbocycles. The van der Waals surface area contributed by atoms with Gasteiger partial charge >= 0.3 is 5.97 Å². The van der Waals surface area contributed by atoms with Gasteiger partial charge in [-0.05, 0) is 12.8 Å². The third-order valence-corrected chi connectivity index (χ3v) is 3.70. The molecule has 0 spiro atoms. The van der Waals surface area contributed by atoms with Crippen molar-refractivity contribution in [2.45, 2.75) is 18.4 Å². The van der Waals surface area contributed by atoms with E-state index in [0.717, 1.165) is 26.2 Å². The van der Waals surface area contributed by atoms with Gasteiger partial charge in [-0.3, -0.25) is 14.5 Å². The highest BCUT2D eigenvalue weighted by Gasteiger charge is 2.55. The highest BCUT2D eigenvalue weighted by atomic mass is 16.4. The Morgan fingerprint density at radius 3 is 2.31 bits per heavy atom. The van der Waals surface area contributed by atoms with Gasteiger partial charge in [0.15, 0.2) is 0 Å². The Balaban J connectivity index is 2.07. The van der Waals surface area contributed by atoms with Crippen molar-refractivity contribution < 1.29 is 14.7 Å². The summed E-state index contributed by atoms with van der Waals surface area (Å²) in [6.07, 6.45) is 0.718. The lowest BCUT2D eigenvalue weighted by molar-refractivity contribution is -0.158. The number of nitrogens with zero attached hydrogens (tertiary/aromatic N) is 1. The lowest BCUT2D eigenvalue weighted by atomic mass is 9.66. The second kappa shape index (κ2) is 4.03. The van der Waals surface area contributed by atoms with Crippen molar-refractivity contribution in [3.05, 3.63) is 0 Å². The highest BCUT2D eigenvalue weighted by molar-refractivity contribution is 5.88. The zero-order chi connectivity index (χ0) is 11.8. The standard InChI is InChI=1S/C10H17N3O3/c11-9(16)10(5-7(6-10)8(14)15)13-3-1-12-2-4-13/h7,12H,1-6H2,(H2,11,16)(H,14,15). The van der Waals surface area contributed by atoms with Gasteiger partial charge in [-0.2, -0.15) is 0 Å². The van der Waals surface area contributed by atoms with Crippen molar-refractivity contribution in [3.8, 4) is 0 Å². The van der Waals surface area contributed by atoms with E-state index in [9.17, 15) is 9.59 Å². The second-order valence-corrected chi connectivity index (χ2v) is 4.58. The van der Waals surface area contributed by atoms with E-state index < -0.39 is 17.4 Å². The van der Waals surface area contributed by atoms with Crippen molar-refractivity contribution in [3.63, 3.8) is 0 Å². The van der Waals surface area contributed by atoms with Crippen LogP contribution in [-0.2, 0) is 9.59 Å². The Morgan fingerprint density at radius 2 is 1.88 bits per heavy atom. The zero-order valence-corrected chi connectivity index (χ0v) is 9.11.